The molecule has 8 nitrogen and oxygen atoms in total. The van der Waals surface area contributed by atoms with E-state index in [1.54, 1.807) is 60.8 Å². The molecule has 0 N–H and O–H groups in total. The number of halogens is 1. The number of piperidine rings is 1. The molecular formula is C25H22ClN7O. The zero-order chi connectivity index (χ0) is 23.7. The van der Waals surface area contributed by atoms with E-state index in [4.69, 9.17) is 11.6 Å². The average Bonchev–Trinajstić information content (AvgIpc) is 3.36. The second kappa shape index (κ2) is 9.12. The van der Waals surface area contributed by atoms with Crippen molar-refractivity contribution in [3.8, 4) is 34.0 Å². The van der Waals surface area contributed by atoms with E-state index in [-0.39, 0.29) is 5.56 Å². The van der Waals surface area contributed by atoms with Crippen LogP contribution in [0.5, 0.6) is 0 Å². The van der Waals surface area contributed by atoms with Crippen molar-refractivity contribution in [1.82, 2.24) is 24.3 Å². The van der Waals surface area contributed by atoms with E-state index < -0.39 is 0 Å². The van der Waals surface area contributed by atoms with Crippen LogP contribution in [0, 0.1) is 11.3 Å². The van der Waals surface area contributed by atoms with Crippen LogP contribution in [0.2, 0.25) is 5.02 Å². The number of nitriles is 1. The SMILES string of the molecule is Cn1cc(-c2cnn(-c3cccc(Cl)c3C#N)c2)c(-c2cnc(N3CCCCC3)nc2)cc1=O. The third kappa shape index (κ3) is 4.06. The zero-order valence-electron chi connectivity index (χ0n) is 18.6. The highest BCUT2D eigenvalue weighted by atomic mass is 35.5. The molecule has 0 amide bonds. The van der Waals surface area contributed by atoms with Crippen LogP contribution >= 0.6 is 11.6 Å². The second-order valence-corrected chi connectivity index (χ2v) is 8.70. The van der Waals surface area contributed by atoms with Crippen molar-refractivity contribution in [3.63, 3.8) is 0 Å². The molecule has 0 atom stereocenters. The molecule has 1 saturated heterocycles. The summed E-state index contributed by atoms with van der Waals surface area (Å²) < 4.78 is 3.14. The zero-order valence-corrected chi connectivity index (χ0v) is 19.4. The summed E-state index contributed by atoms with van der Waals surface area (Å²) in [5.41, 5.74) is 3.87. The fourth-order valence-electron chi connectivity index (χ4n) is 4.22. The lowest BCUT2D eigenvalue weighted by atomic mass is 10.0. The van der Waals surface area contributed by atoms with Crippen LogP contribution in [-0.4, -0.2) is 37.4 Å². The Morgan fingerprint density at radius 1 is 1.00 bits per heavy atom. The Bertz CT molecular complexity index is 1440. The van der Waals surface area contributed by atoms with Gasteiger partial charge in [0.1, 0.15) is 6.07 Å². The third-order valence-corrected chi connectivity index (χ3v) is 6.38. The quantitative estimate of drug-likeness (QED) is 0.442. The van der Waals surface area contributed by atoms with E-state index in [9.17, 15) is 10.1 Å². The van der Waals surface area contributed by atoms with Gasteiger partial charge in [0.25, 0.3) is 5.56 Å². The molecule has 1 aliphatic heterocycles. The summed E-state index contributed by atoms with van der Waals surface area (Å²) in [6.07, 6.45) is 12.4. The molecule has 0 bridgehead atoms. The van der Waals surface area contributed by atoms with E-state index in [0.717, 1.165) is 48.2 Å². The van der Waals surface area contributed by atoms with Gasteiger partial charge in [-0.05, 0) is 37.0 Å². The van der Waals surface area contributed by atoms with E-state index >= 15 is 0 Å². The Hall–Kier alpha value is -3.96. The smallest absolute Gasteiger partial charge is 0.250 e. The summed E-state index contributed by atoms with van der Waals surface area (Å²) in [6, 6.07) is 8.97. The lowest BCUT2D eigenvalue weighted by Crippen LogP contribution is -2.30. The minimum Gasteiger partial charge on any atom is -0.341 e. The minimum atomic E-state index is -0.132. The molecule has 5 rings (SSSR count). The topological polar surface area (TPSA) is 92.6 Å². The predicted molar refractivity (Wildman–Crippen MR) is 131 cm³/mol. The molecule has 0 spiro atoms. The van der Waals surface area contributed by atoms with Crippen molar-refractivity contribution < 1.29 is 0 Å². The Morgan fingerprint density at radius 3 is 2.50 bits per heavy atom. The largest absolute Gasteiger partial charge is 0.341 e. The van der Waals surface area contributed by atoms with E-state index in [1.807, 2.05) is 6.20 Å². The van der Waals surface area contributed by atoms with Gasteiger partial charge in [0.05, 0.1) is 22.5 Å². The molecular weight excluding hydrogens is 450 g/mol. The molecule has 9 heteroatoms. The molecule has 3 aromatic heterocycles. The number of hydrogen-bond acceptors (Lipinski definition) is 6. The van der Waals surface area contributed by atoms with Crippen molar-refractivity contribution in [1.29, 1.82) is 5.26 Å². The van der Waals surface area contributed by atoms with Gasteiger partial charge in [-0.3, -0.25) is 4.79 Å². The molecule has 0 aliphatic carbocycles. The number of aromatic nitrogens is 5. The fraction of sp³-hybridized carbons (Fsp3) is 0.240. The van der Waals surface area contributed by atoms with Crippen molar-refractivity contribution in [2.45, 2.75) is 19.3 Å². The highest BCUT2D eigenvalue weighted by Crippen LogP contribution is 2.32. The van der Waals surface area contributed by atoms with E-state index in [2.05, 4.69) is 26.0 Å². The van der Waals surface area contributed by atoms with Crippen molar-refractivity contribution in [2.24, 2.45) is 7.05 Å². The van der Waals surface area contributed by atoms with Crippen LogP contribution in [0.15, 0.2) is 60.0 Å². The van der Waals surface area contributed by atoms with Crippen molar-refractivity contribution in [3.05, 3.63) is 76.2 Å². The van der Waals surface area contributed by atoms with Gasteiger partial charge in [0.15, 0.2) is 0 Å². The Kier molecular flexibility index (Phi) is 5.86. The maximum atomic E-state index is 12.5. The number of benzene rings is 1. The molecule has 1 fully saturated rings. The summed E-state index contributed by atoms with van der Waals surface area (Å²) in [7, 11) is 1.71. The van der Waals surface area contributed by atoms with Gasteiger partial charge in [-0.1, -0.05) is 17.7 Å². The van der Waals surface area contributed by atoms with Gasteiger partial charge in [0.2, 0.25) is 5.95 Å². The molecule has 1 aliphatic rings. The molecule has 0 unspecified atom stereocenters. The lowest BCUT2D eigenvalue weighted by molar-refractivity contribution is 0.568. The molecule has 4 aromatic rings. The standard InChI is InChI=1S/C25H22ClN7O/c1-31-16-21(18-14-30-33(15-18)23-7-5-6-22(26)20(23)11-27)19(10-24(31)34)17-12-28-25(29-13-17)32-8-3-2-4-9-32/h5-7,10,12-16H,2-4,8-9H2,1H3. The fourth-order valence-corrected chi connectivity index (χ4v) is 4.44. The van der Waals surface area contributed by atoms with Gasteiger partial charge in [-0.2, -0.15) is 10.4 Å². The molecule has 1 aromatic carbocycles. The Balaban J connectivity index is 1.56. The number of hydrogen-bond donors (Lipinski definition) is 0. The maximum Gasteiger partial charge on any atom is 0.250 e. The van der Waals surface area contributed by atoms with Gasteiger partial charge < -0.3 is 9.47 Å². The summed E-state index contributed by atoms with van der Waals surface area (Å²) in [6.45, 7) is 1.92. The Labute approximate surface area is 201 Å². The van der Waals surface area contributed by atoms with Crippen LogP contribution in [0.1, 0.15) is 24.8 Å². The number of anilines is 1. The first-order valence-electron chi connectivity index (χ1n) is 11.1. The number of pyridine rings is 1. The lowest BCUT2D eigenvalue weighted by Gasteiger charge is -2.26. The van der Waals surface area contributed by atoms with Crippen LogP contribution < -0.4 is 10.5 Å². The summed E-state index contributed by atoms with van der Waals surface area (Å²) >= 11 is 6.20. The van der Waals surface area contributed by atoms with E-state index in [1.165, 1.54) is 11.0 Å². The Morgan fingerprint density at radius 2 is 1.76 bits per heavy atom. The average molecular weight is 472 g/mol. The highest BCUT2D eigenvalue weighted by Gasteiger charge is 2.17. The summed E-state index contributed by atoms with van der Waals surface area (Å²) in [5, 5.41) is 14.4. The molecule has 4 heterocycles. The number of rotatable bonds is 4. The first-order valence-corrected chi connectivity index (χ1v) is 11.4. The monoisotopic (exact) mass is 471 g/mol. The second-order valence-electron chi connectivity index (χ2n) is 8.29. The first kappa shape index (κ1) is 21.9. The van der Waals surface area contributed by atoms with Gasteiger partial charge in [-0.25, -0.2) is 14.6 Å². The van der Waals surface area contributed by atoms with Crippen LogP contribution in [0.4, 0.5) is 5.95 Å². The molecule has 0 radical (unpaired) electrons. The van der Waals surface area contributed by atoms with Gasteiger partial charge in [0, 0.05) is 67.7 Å². The highest BCUT2D eigenvalue weighted by molar-refractivity contribution is 6.32. The summed E-state index contributed by atoms with van der Waals surface area (Å²) in [4.78, 5) is 23.9. The van der Waals surface area contributed by atoms with Crippen LogP contribution in [0.25, 0.3) is 27.9 Å². The third-order valence-electron chi connectivity index (χ3n) is 6.06. The number of nitrogens with zero attached hydrogens (tertiary/aromatic N) is 7. The van der Waals surface area contributed by atoms with E-state index in [0.29, 0.717) is 22.2 Å². The van der Waals surface area contributed by atoms with Gasteiger partial charge in [-0.15, -0.1) is 0 Å². The van der Waals surface area contributed by atoms with Crippen molar-refractivity contribution >= 4 is 17.5 Å². The number of aryl methyl sites for hydroxylation is 1. The minimum absolute atomic E-state index is 0.132. The van der Waals surface area contributed by atoms with Crippen molar-refractivity contribution in [2.75, 3.05) is 18.0 Å². The molecule has 0 saturated carbocycles. The summed E-state index contributed by atoms with van der Waals surface area (Å²) in [5.74, 6) is 0.714. The maximum absolute atomic E-state index is 12.5. The van der Waals surface area contributed by atoms with Gasteiger partial charge >= 0.3 is 0 Å². The van der Waals surface area contributed by atoms with Crippen LogP contribution in [0.3, 0.4) is 0 Å². The molecule has 34 heavy (non-hydrogen) atoms. The molecule has 170 valence electrons. The normalized spacial score (nSPS) is 13.6. The first-order chi connectivity index (χ1) is 16.5. The predicted octanol–water partition coefficient (Wildman–Crippen LogP) is 4.21. The van der Waals surface area contributed by atoms with Crippen LogP contribution in [-0.2, 0) is 7.05 Å².